The summed E-state index contributed by atoms with van der Waals surface area (Å²) in [5, 5.41) is 22.9. The number of fused-ring (bicyclic) bond motifs is 1. The third-order valence-corrected chi connectivity index (χ3v) is 3.42. The van der Waals surface area contributed by atoms with Crippen molar-refractivity contribution in [2.45, 2.75) is 12.5 Å². The van der Waals surface area contributed by atoms with Crippen molar-refractivity contribution in [1.82, 2.24) is 5.32 Å². The Morgan fingerprint density at radius 3 is 2.65 bits per heavy atom. The van der Waals surface area contributed by atoms with Crippen molar-refractivity contribution in [2.24, 2.45) is 0 Å². The first-order valence-corrected chi connectivity index (χ1v) is 6.75. The van der Waals surface area contributed by atoms with Crippen LogP contribution in [0.3, 0.4) is 0 Å². The smallest absolute Gasteiger partial charge is 0.251 e. The zero-order valence-electron chi connectivity index (χ0n) is 10.8. The summed E-state index contributed by atoms with van der Waals surface area (Å²) in [6.45, 7) is -0.00272. The van der Waals surface area contributed by atoms with E-state index in [1.54, 1.807) is 24.3 Å². The van der Waals surface area contributed by atoms with Gasteiger partial charge in [0, 0.05) is 22.5 Å². The van der Waals surface area contributed by atoms with Crippen molar-refractivity contribution in [1.29, 1.82) is 0 Å². The Kier molecular flexibility index (Phi) is 4.95. The zero-order valence-corrected chi connectivity index (χ0v) is 11.6. The van der Waals surface area contributed by atoms with Gasteiger partial charge in [0.05, 0.1) is 12.7 Å². The first kappa shape index (κ1) is 14.8. The maximum absolute atomic E-state index is 12.1. The number of aliphatic hydroxyl groups excluding tert-OH is 2. The zero-order chi connectivity index (χ0) is 14.5. The van der Waals surface area contributed by atoms with Gasteiger partial charge in [-0.05, 0) is 23.9 Å². The molecule has 0 saturated carbocycles. The van der Waals surface area contributed by atoms with Crippen molar-refractivity contribution in [3.63, 3.8) is 0 Å². The van der Waals surface area contributed by atoms with Crippen LogP contribution in [0.4, 0.5) is 0 Å². The minimum absolute atomic E-state index is 0.219. The van der Waals surface area contributed by atoms with E-state index >= 15 is 0 Å². The number of hydrogen-bond acceptors (Lipinski definition) is 3. The molecule has 1 atom stereocenters. The standard InChI is InChI=1S/C15H16ClNO3/c16-14-6-2-3-11-12(14)4-1-5-13(11)15(20)17-8-7-10(19)9-18/h1-6,10,18-19H,7-9H2,(H,17,20)/t10-/m1/s1. The lowest BCUT2D eigenvalue weighted by Gasteiger charge is -2.10. The summed E-state index contributed by atoms with van der Waals surface area (Å²) in [6, 6.07) is 10.8. The Labute approximate surface area is 122 Å². The second kappa shape index (κ2) is 6.70. The predicted octanol–water partition coefficient (Wildman–Crippen LogP) is 1.97. The molecule has 0 aliphatic carbocycles. The van der Waals surface area contributed by atoms with E-state index in [2.05, 4.69) is 5.32 Å². The molecule has 20 heavy (non-hydrogen) atoms. The van der Waals surface area contributed by atoms with Crippen molar-refractivity contribution < 1.29 is 15.0 Å². The molecular formula is C15H16ClNO3. The first-order chi connectivity index (χ1) is 9.63. The molecule has 2 aromatic rings. The number of aliphatic hydroxyl groups is 2. The van der Waals surface area contributed by atoms with E-state index in [0.717, 1.165) is 10.8 Å². The molecular weight excluding hydrogens is 278 g/mol. The fourth-order valence-corrected chi connectivity index (χ4v) is 2.25. The van der Waals surface area contributed by atoms with Gasteiger partial charge in [-0.25, -0.2) is 0 Å². The van der Waals surface area contributed by atoms with Crippen LogP contribution in [-0.2, 0) is 0 Å². The molecule has 4 nitrogen and oxygen atoms in total. The number of amides is 1. The number of halogens is 1. The Morgan fingerprint density at radius 2 is 1.90 bits per heavy atom. The van der Waals surface area contributed by atoms with Crippen LogP contribution in [0.1, 0.15) is 16.8 Å². The maximum atomic E-state index is 12.1. The maximum Gasteiger partial charge on any atom is 0.251 e. The highest BCUT2D eigenvalue weighted by atomic mass is 35.5. The summed E-state index contributed by atoms with van der Waals surface area (Å²) in [7, 11) is 0. The van der Waals surface area contributed by atoms with Crippen LogP contribution < -0.4 is 5.32 Å². The SMILES string of the molecule is O=C(NCC[C@@H](O)CO)c1cccc2c(Cl)cccc12. The highest BCUT2D eigenvalue weighted by Gasteiger charge is 2.11. The average molecular weight is 294 g/mol. The van der Waals surface area contributed by atoms with Crippen molar-refractivity contribution in [3.8, 4) is 0 Å². The molecule has 2 rings (SSSR count). The lowest BCUT2D eigenvalue weighted by atomic mass is 10.0. The Balaban J connectivity index is 2.16. The summed E-state index contributed by atoms with van der Waals surface area (Å²) >= 11 is 6.11. The topological polar surface area (TPSA) is 69.6 Å². The molecule has 0 radical (unpaired) electrons. The van der Waals surface area contributed by atoms with Gasteiger partial charge in [0.1, 0.15) is 0 Å². The molecule has 0 heterocycles. The van der Waals surface area contributed by atoms with E-state index in [0.29, 0.717) is 23.6 Å². The van der Waals surface area contributed by atoms with Gasteiger partial charge < -0.3 is 15.5 Å². The molecule has 0 aromatic heterocycles. The highest BCUT2D eigenvalue weighted by Crippen LogP contribution is 2.25. The number of carbonyl (C=O) groups excluding carboxylic acids is 1. The van der Waals surface area contributed by atoms with E-state index in [-0.39, 0.29) is 12.5 Å². The van der Waals surface area contributed by atoms with E-state index in [9.17, 15) is 9.90 Å². The van der Waals surface area contributed by atoms with Gasteiger partial charge in [-0.15, -0.1) is 0 Å². The molecule has 3 N–H and O–H groups in total. The number of benzene rings is 2. The van der Waals surface area contributed by atoms with Gasteiger partial charge in [-0.3, -0.25) is 4.79 Å². The fourth-order valence-electron chi connectivity index (χ4n) is 2.01. The Hall–Kier alpha value is -1.62. The predicted molar refractivity (Wildman–Crippen MR) is 79.0 cm³/mol. The second-order valence-corrected chi connectivity index (χ2v) is 4.93. The van der Waals surface area contributed by atoms with Crippen LogP contribution >= 0.6 is 11.6 Å². The van der Waals surface area contributed by atoms with Crippen LogP contribution in [-0.4, -0.2) is 35.4 Å². The average Bonchev–Trinajstić information content (AvgIpc) is 2.46. The monoisotopic (exact) mass is 293 g/mol. The van der Waals surface area contributed by atoms with E-state index in [1.165, 1.54) is 0 Å². The molecule has 5 heteroatoms. The third-order valence-electron chi connectivity index (χ3n) is 3.09. The normalized spacial score (nSPS) is 12.3. The van der Waals surface area contributed by atoms with Crippen LogP contribution in [0.2, 0.25) is 5.02 Å². The molecule has 0 aliphatic heterocycles. The molecule has 0 saturated heterocycles. The molecule has 106 valence electrons. The lowest BCUT2D eigenvalue weighted by Crippen LogP contribution is -2.28. The lowest BCUT2D eigenvalue weighted by molar-refractivity contribution is 0.0835. The first-order valence-electron chi connectivity index (χ1n) is 6.38. The fraction of sp³-hybridized carbons (Fsp3) is 0.267. The molecule has 0 unspecified atom stereocenters. The largest absolute Gasteiger partial charge is 0.394 e. The number of rotatable bonds is 5. The Morgan fingerprint density at radius 1 is 1.20 bits per heavy atom. The van der Waals surface area contributed by atoms with Crippen molar-refractivity contribution in [3.05, 3.63) is 47.0 Å². The summed E-state index contributed by atoms with van der Waals surface area (Å²) in [4.78, 5) is 12.1. The molecule has 2 aromatic carbocycles. The van der Waals surface area contributed by atoms with Crippen molar-refractivity contribution in [2.75, 3.05) is 13.2 Å². The number of hydrogen-bond donors (Lipinski definition) is 3. The van der Waals surface area contributed by atoms with Gasteiger partial charge in [0.15, 0.2) is 0 Å². The van der Waals surface area contributed by atoms with E-state index in [1.807, 2.05) is 12.1 Å². The van der Waals surface area contributed by atoms with Gasteiger partial charge in [-0.2, -0.15) is 0 Å². The minimum atomic E-state index is -0.808. The van der Waals surface area contributed by atoms with Gasteiger partial charge in [-0.1, -0.05) is 35.9 Å². The molecule has 0 aliphatic rings. The van der Waals surface area contributed by atoms with Crippen molar-refractivity contribution >= 4 is 28.3 Å². The summed E-state index contributed by atoms with van der Waals surface area (Å²) in [6.07, 6.45) is -0.495. The van der Waals surface area contributed by atoms with Crippen LogP contribution in [0.5, 0.6) is 0 Å². The van der Waals surface area contributed by atoms with E-state index in [4.69, 9.17) is 16.7 Å². The summed E-state index contributed by atoms with van der Waals surface area (Å²) in [5.41, 5.74) is 0.545. The second-order valence-electron chi connectivity index (χ2n) is 4.52. The van der Waals surface area contributed by atoms with Gasteiger partial charge >= 0.3 is 0 Å². The molecule has 0 fully saturated rings. The van der Waals surface area contributed by atoms with E-state index < -0.39 is 6.10 Å². The quantitative estimate of drug-likeness (QED) is 0.789. The van der Waals surface area contributed by atoms with Crippen LogP contribution in [0, 0.1) is 0 Å². The third kappa shape index (κ3) is 3.28. The van der Waals surface area contributed by atoms with Gasteiger partial charge in [0.25, 0.3) is 5.91 Å². The molecule has 1 amide bonds. The molecule has 0 spiro atoms. The molecule has 0 bridgehead atoms. The van der Waals surface area contributed by atoms with Crippen LogP contribution in [0.15, 0.2) is 36.4 Å². The van der Waals surface area contributed by atoms with Crippen LogP contribution in [0.25, 0.3) is 10.8 Å². The minimum Gasteiger partial charge on any atom is -0.394 e. The summed E-state index contributed by atoms with van der Waals surface area (Å²) in [5.74, 6) is -0.219. The summed E-state index contributed by atoms with van der Waals surface area (Å²) < 4.78 is 0. The Bertz CT molecular complexity index is 615. The highest BCUT2D eigenvalue weighted by molar-refractivity contribution is 6.36. The number of carbonyl (C=O) groups is 1. The van der Waals surface area contributed by atoms with Gasteiger partial charge in [0.2, 0.25) is 0 Å². The number of nitrogens with one attached hydrogen (secondary N) is 1.